The van der Waals surface area contributed by atoms with Crippen LogP contribution in [0.5, 0.6) is 0 Å². The van der Waals surface area contributed by atoms with E-state index in [0.29, 0.717) is 11.5 Å². The Morgan fingerprint density at radius 3 is 2.58 bits per heavy atom. The van der Waals surface area contributed by atoms with Crippen molar-refractivity contribution in [1.29, 1.82) is 0 Å². The summed E-state index contributed by atoms with van der Waals surface area (Å²) in [6, 6.07) is 11.0. The van der Waals surface area contributed by atoms with Crippen LogP contribution >= 0.6 is 0 Å². The van der Waals surface area contributed by atoms with Gasteiger partial charge in [0.15, 0.2) is 5.82 Å². The number of benzene rings is 1. The topological polar surface area (TPSA) is 118 Å². The number of rotatable bonds is 4. The molecule has 8 heteroatoms. The SMILES string of the molecule is O=C(O)Cc1cccc(-c2ccc(-n3ccnc3)nn2)c1.O=CO. The van der Waals surface area contributed by atoms with Crippen molar-refractivity contribution in [3.63, 3.8) is 0 Å². The van der Waals surface area contributed by atoms with Crippen LogP contribution in [0, 0.1) is 0 Å². The highest BCUT2D eigenvalue weighted by Gasteiger charge is 2.05. The normalized spacial score (nSPS) is 9.67. The molecule has 0 spiro atoms. The molecule has 1 aromatic carbocycles. The lowest BCUT2D eigenvalue weighted by Gasteiger charge is -2.04. The summed E-state index contributed by atoms with van der Waals surface area (Å²) in [7, 11) is 0. The van der Waals surface area contributed by atoms with E-state index in [9.17, 15) is 4.79 Å². The largest absolute Gasteiger partial charge is 0.483 e. The second-order valence-corrected chi connectivity index (χ2v) is 4.62. The predicted molar refractivity (Wildman–Crippen MR) is 84.6 cm³/mol. The quantitative estimate of drug-likeness (QED) is 0.700. The molecule has 0 atom stereocenters. The first-order valence-corrected chi connectivity index (χ1v) is 6.85. The molecule has 0 fully saturated rings. The maximum Gasteiger partial charge on any atom is 0.307 e. The number of carboxylic acid groups (broad SMARTS) is 2. The molecule has 24 heavy (non-hydrogen) atoms. The minimum absolute atomic E-state index is 0.00557. The summed E-state index contributed by atoms with van der Waals surface area (Å²) < 4.78 is 1.76. The lowest BCUT2D eigenvalue weighted by molar-refractivity contribution is -0.136. The van der Waals surface area contributed by atoms with Gasteiger partial charge < -0.3 is 10.2 Å². The zero-order chi connectivity index (χ0) is 17.4. The highest BCUT2D eigenvalue weighted by atomic mass is 16.4. The third kappa shape index (κ3) is 4.47. The smallest absolute Gasteiger partial charge is 0.307 e. The minimum Gasteiger partial charge on any atom is -0.483 e. The molecular formula is C16H14N4O4. The van der Waals surface area contributed by atoms with E-state index in [4.69, 9.17) is 15.0 Å². The number of nitrogens with zero attached hydrogens (tertiary/aromatic N) is 4. The van der Waals surface area contributed by atoms with E-state index in [1.807, 2.05) is 30.3 Å². The average molecular weight is 326 g/mol. The Labute approximate surface area is 137 Å². The molecule has 0 amide bonds. The fraction of sp³-hybridized carbons (Fsp3) is 0.0625. The molecular weight excluding hydrogens is 312 g/mol. The van der Waals surface area contributed by atoms with Crippen LogP contribution in [-0.4, -0.2) is 42.4 Å². The van der Waals surface area contributed by atoms with Crippen molar-refractivity contribution >= 4 is 12.4 Å². The third-order valence-electron chi connectivity index (χ3n) is 3.00. The Kier molecular flexibility index (Phi) is 5.73. The van der Waals surface area contributed by atoms with Gasteiger partial charge in [0, 0.05) is 18.0 Å². The summed E-state index contributed by atoms with van der Waals surface area (Å²) in [5, 5.41) is 24.0. The molecule has 0 radical (unpaired) electrons. The molecule has 2 N–H and O–H groups in total. The number of hydrogen-bond donors (Lipinski definition) is 2. The van der Waals surface area contributed by atoms with Crippen LogP contribution in [0.1, 0.15) is 5.56 Å². The maximum absolute atomic E-state index is 10.8. The first-order valence-electron chi connectivity index (χ1n) is 6.85. The van der Waals surface area contributed by atoms with Crippen LogP contribution < -0.4 is 0 Å². The van der Waals surface area contributed by atoms with Crippen LogP contribution in [0.4, 0.5) is 0 Å². The first kappa shape index (κ1) is 16.8. The Bertz CT molecular complexity index is 801. The van der Waals surface area contributed by atoms with E-state index >= 15 is 0 Å². The summed E-state index contributed by atoms with van der Waals surface area (Å²) in [5.41, 5.74) is 2.28. The van der Waals surface area contributed by atoms with Gasteiger partial charge in [0.05, 0.1) is 12.1 Å². The highest BCUT2D eigenvalue weighted by Crippen LogP contribution is 2.18. The molecule has 122 valence electrons. The molecule has 0 unspecified atom stereocenters. The standard InChI is InChI=1S/C15H12N4O2.CH2O2/c20-15(21)9-11-2-1-3-12(8-11)13-4-5-14(18-17-13)19-7-6-16-10-19;2-1-3/h1-8,10H,9H2,(H,20,21);1H,(H,2,3). The van der Waals surface area contributed by atoms with Gasteiger partial charge in [-0.2, -0.15) is 0 Å². The van der Waals surface area contributed by atoms with Crippen LogP contribution in [0.25, 0.3) is 17.1 Å². The molecule has 0 aliphatic carbocycles. The number of aliphatic carboxylic acids is 1. The van der Waals surface area contributed by atoms with Gasteiger partial charge in [0.25, 0.3) is 6.47 Å². The zero-order valence-electron chi connectivity index (χ0n) is 12.5. The molecule has 3 rings (SSSR count). The van der Waals surface area contributed by atoms with Crippen molar-refractivity contribution in [2.75, 3.05) is 0 Å². The summed E-state index contributed by atoms with van der Waals surface area (Å²) in [6.07, 6.45) is 5.10. The molecule has 0 aliphatic heterocycles. The van der Waals surface area contributed by atoms with Gasteiger partial charge >= 0.3 is 5.97 Å². The van der Waals surface area contributed by atoms with Crippen molar-refractivity contribution in [2.24, 2.45) is 0 Å². The summed E-state index contributed by atoms with van der Waals surface area (Å²) in [6.45, 7) is -0.250. The van der Waals surface area contributed by atoms with Crippen LogP contribution in [0.2, 0.25) is 0 Å². The van der Waals surface area contributed by atoms with E-state index in [1.165, 1.54) is 0 Å². The summed E-state index contributed by atoms with van der Waals surface area (Å²) >= 11 is 0. The van der Waals surface area contributed by atoms with Crippen LogP contribution in [0.15, 0.2) is 55.1 Å². The lowest BCUT2D eigenvalue weighted by Crippen LogP contribution is -2.00. The van der Waals surface area contributed by atoms with Gasteiger partial charge in [0.2, 0.25) is 0 Å². The molecule has 0 saturated heterocycles. The number of aromatic nitrogens is 4. The predicted octanol–water partition coefficient (Wildman–Crippen LogP) is 1.66. The first-order chi connectivity index (χ1) is 11.6. The van der Waals surface area contributed by atoms with E-state index in [0.717, 1.165) is 11.1 Å². The van der Waals surface area contributed by atoms with Crippen LogP contribution in [-0.2, 0) is 16.0 Å². The van der Waals surface area contributed by atoms with Crippen molar-refractivity contribution in [3.8, 4) is 17.1 Å². The van der Waals surface area contributed by atoms with E-state index in [2.05, 4.69) is 15.2 Å². The van der Waals surface area contributed by atoms with Gasteiger partial charge in [-0.05, 0) is 23.8 Å². The highest BCUT2D eigenvalue weighted by molar-refractivity contribution is 5.71. The molecule has 0 saturated carbocycles. The summed E-state index contributed by atoms with van der Waals surface area (Å²) in [4.78, 5) is 23.1. The molecule has 3 aromatic rings. The fourth-order valence-electron chi connectivity index (χ4n) is 2.03. The minimum atomic E-state index is -0.853. The van der Waals surface area contributed by atoms with Gasteiger partial charge in [-0.1, -0.05) is 18.2 Å². The van der Waals surface area contributed by atoms with Crippen LogP contribution in [0.3, 0.4) is 0 Å². The number of carbonyl (C=O) groups is 2. The van der Waals surface area contributed by atoms with Crippen molar-refractivity contribution in [3.05, 3.63) is 60.7 Å². The number of hydrogen-bond acceptors (Lipinski definition) is 5. The Morgan fingerprint density at radius 2 is 2.00 bits per heavy atom. The van der Waals surface area contributed by atoms with Gasteiger partial charge in [-0.25, -0.2) is 4.98 Å². The second kappa shape index (κ2) is 8.18. The molecule has 0 aliphatic rings. The maximum atomic E-state index is 10.8. The second-order valence-electron chi connectivity index (χ2n) is 4.62. The van der Waals surface area contributed by atoms with Gasteiger partial charge in [-0.3, -0.25) is 14.2 Å². The number of carboxylic acids is 1. The Balaban J connectivity index is 0.000000647. The number of imidazole rings is 1. The van der Waals surface area contributed by atoms with Crippen molar-refractivity contribution in [1.82, 2.24) is 19.7 Å². The van der Waals surface area contributed by atoms with Gasteiger partial charge in [0.1, 0.15) is 6.33 Å². The Morgan fingerprint density at radius 1 is 1.21 bits per heavy atom. The molecule has 2 aromatic heterocycles. The third-order valence-corrected chi connectivity index (χ3v) is 3.00. The monoisotopic (exact) mass is 326 g/mol. The molecule has 8 nitrogen and oxygen atoms in total. The zero-order valence-corrected chi connectivity index (χ0v) is 12.5. The van der Waals surface area contributed by atoms with Crippen molar-refractivity contribution in [2.45, 2.75) is 6.42 Å². The summed E-state index contributed by atoms with van der Waals surface area (Å²) in [5.74, 6) is -0.174. The van der Waals surface area contributed by atoms with E-state index in [-0.39, 0.29) is 12.9 Å². The average Bonchev–Trinajstić information content (AvgIpc) is 3.10. The Hall–Kier alpha value is -3.55. The molecule has 0 bridgehead atoms. The molecule has 2 heterocycles. The fourth-order valence-corrected chi connectivity index (χ4v) is 2.03. The lowest BCUT2D eigenvalue weighted by atomic mass is 10.1. The van der Waals surface area contributed by atoms with Gasteiger partial charge in [-0.15, -0.1) is 10.2 Å². The van der Waals surface area contributed by atoms with E-state index < -0.39 is 5.97 Å². The van der Waals surface area contributed by atoms with Crippen molar-refractivity contribution < 1.29 is 19.8 Å². The van der Waals surface area contributed by atoms with E-state index in [1.54, 1.807) is 29.4 Å².